The van der Waals surface area contributed by atoms with Crippen molar-refractivity contribution >= 4 is 23.5 Å². The Bertz CT molecular complexity index is 2200. The van der Waals surface area contributed by atoms with Crippen molar-refractivity contribution in [2.45, 2.75) is 59.5 Å². The van der Waals surface area contributed by atoms with E-state index in [-0.39, 0.29) is 34.6 Å². The normalized spacial score (nSPS) is 10.2. The largest absolute Gasteiger partial charge is 0.508 e. The van der Waals surface area contributed by atoms with Crippen LogP contribution in [0.5, 0.6) is 40.2 Å². The van der Waals surface area contributed by atoms with E-state index in [0.29, 0.717) is 32.6 Å². The van der Waals surface area contributed by atoms with Crippen molar-refractivity contribution in [2.75, 3.05) is 0 Å². The molecule has 0 aliphatic carbocycles. The van der Waals surface area contributed by atoms with Crippen LogP contribution in [-0.4, -0.2) is 27.5 Å². The highest BCUT2D eigenvalue weighted by atomic mass is 32.2. The minimum Gasteiger partial charge on any atom is -0.508 e. The van der Waals surface area contributed by atoms with E-state index in [1.807, 2.05) is 70.2 Å². The number of benzene rings is 5. The highest BCUT2D eigenvalue weighted by Gasteiger charge is 2.23. The summed E-state index contributed by atoms with van der Waals surface area (Å²) in [7, 11) is 0. The van der Waals surface area contributed by atoms with Gasteiger partial charge in [-0.1, -0.05) is 41.7 Å². The first-order valence-corrected chi connectivity index (χ1v) is 17.3. The van der Waals surface area contributed by atoms with Gasteiger partial charge >= 0.3 is 0 Å². The van der Waals surface area contributed by atoms with Gasteiger partial charge in [-0.3, -0.25) is 0 Å². The molecule has 0 aliphatic rings. The van der Waals surface area contributed by atoms with Gasteiger partial charge in [0.15, 0.2) is 23.0 Å². The molecule has 0 saturated heterocycles. The van der Waals surface area contributed by atoms with Crippen LogP contribution in [0.4, 0.5) is 0 Å². The number of nitrogens with zero attached hydrogens (tertiary/aromatic N) is 4. The lowest BCUT2D eigenvalue weighted by Gasteiger charge is -2.20. The van der Waals surface area contributed by atoms with Gasteiger partial charge in [-0.25, -0.2) is 0 Å². The Kier molecular flexibility index (Phi) is 13.3. The zero-order chi connectivity index (χ0) is 37.8. The first-order valence-electron chi connectivity index (χ1n) is 15.7. The van der Waals surface area contributed by atoms with Crippen LogP contribution < -0.4 is 14.2 Å². The van der Waals surface area contributed by atoms with E-state index in [1.165, 1.54) is 11.8 Å². The lowest BCUT2D eigenvalue weighted by Crippen LogP contribution is -2.13. The van der Waals surface area contributed by atoms with E-state index in [0.717, 1.165) is 33.4 Å². The van der Waals surface area contributed by atoms with Crippen LogP contribution in [-0.2, 0) is 0 Å². The number of nitriles is 4. The lowest BCUT2D eigenvalue weighted by atomic mass is 10.1. The van der Waals surface area contributed by atoms with E-state index in [2.05, 4.69) is 12.1 Å². The maximum atomic E-state index is 9.87. The molecule has 260 valence electrons. The van der Waals surface area contributed by atoms with Crippen molar-refractivity contribution in [3.05, 3.63) is 113 Å². The fraction of sp³-hybridized carbons (Fsp3) is 0.150. The third-order valence-corrected chi connectivity index (χ3v) is 8.96. The van der Waals surface area contributed by atoms with Gasteiger partial charge in [-0.05, 0) is 88.4 Å². The predicted molar refractivity (Wildman–Crippen MR) is 196 cm³/mol. The van der Waals surface area contributed by atoms with Crippen molar-refractivity contribution in [1.82, 2.24) is 0 Å². The smallest absolute Gasteiger partial charge is 0.180 e. The topological polar surface area (TPSA) is 184 Å². The zero-order valence-corrected chi connectivity index (χ0v) is 30.1. The molecule has 3 N–H and O–H groups in total. The standard InChI is InChI=1S/C20H12N2O3S.C20H20N2O3S/c21-11-13-10-18(23)19(24)17(12-22)20(13)26-16-8-6-15(7-9-16)25-14-4-2-1-3-5-14;1-12(2)24-18-9-14(10-21)20(17(11-22)19(18)25-13(3)4)26-16-7-5-15(23)6-8-16/h1-10,23-24H;5-9,12-13,23H,1-4H3. The van der Waals surface area contributed by atoms with Crippen LogP contribution in [0.15, 0.2) is 111 Å². The quantitative estimate of drug-likeness (QED) is 0.116. The molecule has 5 rings (SSSR count). The van der Waals surface area contributed by atoms with Crippen molar-refractivity contribution in [3.8, 4) is 64.5 Å². The number of rotatable bonds is 10. The Morgan fingerprint density at radius 3 is 1.60 bits per heavy atom. The van der Waals surface area contributed by atoms with E-state index in [9.17, 15) is 36.4 Å². The van der Waals surface area contributed by atoms with Gasteiger partial charge < -0.3 is 29.5 Å². The summed E-state index contributed by atoms with van der Waals surface area (Å²) in [5, 5.41) is 66.8. The molecule has 12 heteroatoms. The third kappa shape index (κ3) is 9.84. The van der Waals surface area contributed by atoms with Crippen molar-refractivity contribution < 1.29 is 29.5 Å². The van der Waals surface area contributed by atoms with E-state index in [1.54, 1.807) is 54.6 Å². The average Bonchev–Trinajstić information content (AvgIpc) is 3.13. The molecule has 0 aromatic heterocycles. The Morgan fingerprint density at radius 1 is 0.577 bits per heavy atom. The molecule has 5 aromatic rings. The second-order valence-electron chi connectivity index (χ2n) is 11.3. The molecule has 52 heavy (non-hydrogen) atoms. The summed E-state index contributed by atoms with van der Waals surface area (Å²) in [6.45, 7) is 7.48. The molecule has 5 aromatic carbocycles. The molecular formula is C40H32N4O6S2. The van der Waals surface area contributed by atoms with Crippen LogP contribution in [0.2, 0.25) is 0 Å². The molecule has 0 unspecified atom stereocenters. The van der Waals surface area contributed by atoms with Crippen LogP contribution in [0, 0.1) is 45.3 Å². The molecule has 0 aliphatic heterocycles. The number of phenols is 3. The summed E-state index contributed by atoms with van der Waals surface area (Å²) in [6, 6.07) is 33.9. The lowest BCUT2D eigenvalue weighted by molar-refractivity contribution is 0.197. The molecule has 0 bridgehead atoms. The summed E-state index contributed by atoms with van der Waals surface area (Å²) in [4.78, 5) is 2.35. The molecule has 0 atom stereocenters. The summed E-state index contributed by atoms with van der Waals surface area (Å²) in [5.41, 5.74) is 0.598. The van der Waals surface area contributed by atoms with Gasteiger partial charge in [0.05, 0.1) is 33.1 Å². The first-order chi connectivity index (χ1) is 25.0. The van der Waals surface area contributed by atoms with E-state index >= 15 is 0 Å². The number of phenolic OH excluding ortho intramolecular Hbond substituents is 3. The minimum absolute atomic E-state index is 0.117. The van der Waals surface area contributed by atoms with Gasteiger partial charge in [0.25, 0.3) is 0 Å². The number of hydrogen-bond acceptors (Lipinski definition) is 12. The molecule has 0 spiro atoms. The fourth-order valence-electron chi connectivity index (χ4n) is 4.49. The van der Waals surface area contributed by atoms with Gasteiger partial charge in [0, 0.05) is 21.9 Å². The average molecular weight is 729 g/mol. The SMILES string of the molecule is CC(C)Oc1cc(C#N)c(Sc2ccc(O)cc2)c(C#N)c1OC(C)C.N#Cc1cc(O)c(O)c(C#N)c1Sc1ccc(Oc2ccccc2)cc1. The molecule has 0 saturated carbocycles. The van der Waals surface area contributed by atoms with Crippen LogP contribution in [0.1, 0.15) is 49.9 Å². The Balaban J connectivity index is 0.000000233. The highest BCUT2D eigenvalue weighted by Crippen LogP contribution is 2.44. The molecule has 0 heterocycles. The second kappa shape index (κ2) is 18.0. The summed E-state index contributed by atoms with van der Waals surface area (Å²) in [6.07, 6.45) is -0.283. The predicted octanol–water partition coefficient (Wildman–Crippen LogP) is 9.65. The monoisotopic (exact) mass is 728 g/mol. The minimum atomic E-state index is -0.530. The number of ether oxygens (including phenoxy) is 3. The van der Waals surface area contributed by atoms with Crippen LogP contribution in [0.3, 0.4) is 0 Å². The van der Waals surface area contributed by atoms with Gasteiger partial charge in [0.2, 0.25) is 0 Å². The fourth-order valence-corrected chi connectivity index (χ4v) is 6.42. The molecule has 0 amide bonds. The van der Waals surface area contributed by atoms with Crippen LogP contribution >= 0.6 is 23.5 Å². The molecular weight excluding hydrogens is 697 g/mol. The summed E-state index contributed by atoms with van der Waals surface area (Å²) < 4.78 is 17.4. The number of aromatic hydroxyl groups is 3. The van der Waals surface area contributed by atoms with Crippen LogP contribution in [0.25, 0.3) is 0 Å². The molecule has 0 radical (unpaired) electrons. The summed E-state index contributed by atoms with van der Waals surface area (Å²) >= 11 is 2.43. The first kappa shape index (κ1) is 38.4. The van der Waals surface area contributed by atoms with Crippen molar-refractivity contribution in [2.24, 2.45) is 0 Å². The van der Waals surface area contributed by atoms with Gasteiger partial charge in [-0.2, -0.15) is 21.0 Å². The van der Waals surface area contributed by atoms with Crippen molar-refractivity contribution in [1.29, 1.82) is 21.0 Å². The Labute approximate surface area is 310 Å². The maximum absolute atomic E-state index is 9.87. The third-order valence-electron chi connectivity index (χ3n) is 6.69. The van der Waals surface area contributed by atoms with E-state index < -0.39 is 11.5 Å². The maximum Gasteiger partial charge on any atom is 0.180 e. The molecule has 10 nitrogen and oxygen atoms in total. The van der Waals surface area contributed by atoms with E-state index in [4.69, 9.17) is 14.2 Å². The Morgan fingerprint density at radius 2 is 1.08 bits per heavy atom. The van der Waals surface area contributed by atoms with Gasteiger partial charge in [0.1, 0.15) is 52.7 Å². The number of hydrogen-bond donors (Lipinski definition) is 3. The second-order valence-corrected chi connectivity index (χ2v) is 13.5. The van der Waals surface area contributed by atoms with Crippen molar-refractivity contribution in [3.63, 3.8) is 0 Å². The number of para-hydroxylation sites is 1. The zero-order valence-electron chi connectivity index (χ0n) is 28.5. The highest BCUT2D eigenvalue weighted by molar-refractivity contribution is 7.99. The molecule has 0 fully saturated rings. The Hall–Kier alpha value is -6.44. The summed E-state index contributed by atoms with van der Waals surface area (Å²) in [5.74, 6) is 1.23. The van der Waals surface area contributed by atoms with Gasteiger partial charge in [-0.15, -0.1) is 0 Å².